The molecule has 0 atom stereocenters. The van der Waals surface area contributed by atoms with E-state index in [1.54, 1.807) is 6.20 Å². The molecular weight excluding hydrogens is 291 g/mol. The zero-order chi connectivity index (χ0) is 14.7. The van der Waals surface area contributed by atoms with Crippen LogP contribution >= 0.6 is 11.8 Å². The number of H-pyrrole nitrogens is 1. The zero-order valence-corrected chi connectivity index (χ0v) is 11.7. The summed E-state index contributed by atoms with van der Waals surface area (Å²) in [5.41, 5.74) is 1.20. The van der Waals surface area contributed by atoms with Crippen LogP contribution < -0.4 is 0 Å². The van der Waals surface area contributed by atoms with Crippen LogP contribution in [0.25, 0.3) is 11.0 Å². The van der Waals surface area contributed by atoms with Crippen LogP contribution in [-0.4, -0.2) is 31.7 Å². The Morgan fingerprint density at radius 2 is 2.05 bits per heavy atom. The number of benzene rings is 1. The summed E-state index contributed by atoms with van der Waals surface area (Å²) in [6.45, 7) is 0. The molecule has 0 aliphatic heterocycles. The minimum absolute atomic E-state index is 0.0139. The summed E-state index contributed by atoms with van der Waals surface area (Å²) < 4.78 is 12.8. The predicted molar refractivity (Wildman–Crippen MR) is 77.8 cm³/mol. The van der Waals surface area contributed by atoms with Crippen molar-refractivity contribution in [2.45, 2.75) is 11.4 Å². The van der Waals surface area contributed by atoms with Gasteiger partial charge in [-0.3, -0.25) is 9.89 Å². The third kappa shape index (κ3) is 3.08. The number of rotatable bonds is 5. The molecule has 3 rings (SSSR count). The SMILES string of the molecule is O=C(CCSc1ncnc2[nH]ncc12)c1ccc(F)cc1. The number of halogens is 1. The van der Waals surface area contributed by atoms with Crippen molar-refractivity contribution in [3.8, 4) is 0 Å². The van der Waals surface area contributed by atoms with E-state index in [4.69, 9.17) is 0 Å². The van der Waals surface area contributed by atoms with Crippen LogP contribution in [0.2, 0.25) is 0 Å². The van der Waals surface area contributed by atoms with Crippen LogP contribution in [0, 0.1) is 5.82 Å². The summed E-state index contributed by atoms with van der Waals surface area (Å²) in [6.07, 6.45) is 3.49. The Morgan fingerprint density at radius 1 is 1.24 bits per heavy atom. The molecule has 0 saturated heterocycles. The summed E-state index contributed by atoms with van der Waals surface area (Å²) in [4.78, 5) is 20.2. The van der Waals surface area contributed by atoms with Crippen LogP contribution in [0.5, 0.6) is 0 Å². The van der Waals surface area contributed by atoms with E-state index in [1.807, 2.05) is 0 Å². The quantitative estimate of drug-likeness (QED) is 0.446. The van der Waals surface area contributed by atoms with Gasteiger partial charge in [0.15, 0.2) is 11.4 Å². The number of carbonyl (C=O) groups excluding carboxylic acids is 1. The maximum atomic E-state index is 12.8. The molecule has 0 aliphatic carbocycles. The van der Waals surface area contributed by atoms with Crippen molar-refractivity contribution in [3.05, 3.63) is 48.2 Å². The molecule has 0 aliphatic rings. The summed E-state index contributed by atoms with van der Waals surface area (Å²) in [6, 6.07) is 5.59. The minimum atomic E-state index is -0.343. The molecule has 0 saturated carbocycles. The van der Waals surface area contributed by atoms with Gasteiger partial charge >= 0.3 is 0 Å². The molecule has 0 unspecified atom stereocenters. The highest BCUT2D eigenvalue weighted by atomic mass is 32.2. The van der Waals surface area contributed by atoms with Gasteiger partial charge in [-0.25, -0.2) is 14.4 Å². The second-order valence-electron chi connectivity index (χ2n) is 4.34. The normalized spacial score (nSPS) is 10.9. The molecule has 0 amide bonds. The Kier molecular flexibility index (Phi) is 3.92. The lowest BCUT2D eigenvalue weighted by Gasteiger charge is -2.02. The third-order valence-corrected chi connectivity index (χ3v) is 3.95. The maximum Gasteiger partial charge on any atom is 0.163 e. The Bertz CT molecular complexity index is 772. The minimum Gasteiger partial charge on any atom is -0.294 e. The molecule has 0 spiro atoms. The fourth-order valence-electron chi connectivity index (χ4n) is 1.88. The van der Waals surface area contributed by atoms with Crippen molar-refractivity contribution in [1.29, 1.82) is 0 Å². The average Bonchev–Trinajstić information content (AvgIpc) is 2.97. The Morgan fingerprint density at radius 3 is 2.86 bits per heavy atom. The number of aromatic nitrogens is 4. The molecule has 1 aromatic carbocycles. The summed E-state index contributed by atoms with van der Waals surface area (Å²) >= 11 is 1.47. The van der Waals surface area contributed by atoms with E-state index in [0.29, 0.717) is 23.4 Å². The second-order valence-corrected chi connectivity index (χ2v) is 5.42. The van der Waals surface area contributed by atoms with E-state index in [0.717, 1.165) is 10.4 Å². The van der Waals surface area contributed by atoms with Gasteiger partial charge in [0.25, 0.3) is 0 Å². The number of Topliss-reactive ketones (excluding diaryl/α,β-unsaturated/α-hetero) is 1. The van der Waals surface area contributed by atoms with E-state index in [-0.39, 0.29) is 11.6 Å². The van der Waals surface area contributed by atoms with Gasteiger partial charge < -0.3 is 0 Å². The van der Waals surface area contributed by atoms with Crippen molar-refractivity contribution < 1.29 is 9.18 Å². The van der Waals surface area contributed by atoms with Gasteiger partial charge in [-0.2, -0.15) is 5.10 Å². The molecule has 21 heavy (non-hydrogen) atoms. The first kappa shape index (κ1) is 13.7. The molecular formula is C14H11FN4OS. The van der Waals surface area contributed by atoms with E-state index in [9.17, 15) is 9.18 Å². The fraction of sp³-hybridized carbons (Fsp3) is 0.143. The number of carbonyl (C=O) groups is 1. The van der Waals surface area contributed by atoms with Crippen LogP contribution in [0.15, 0.2) is 41.8 Å². The standard InChI is InChI=1S/C14H11FN4OS/c15-10-3-1-9(2-4-10)12(20)5-6-21-14-11-7-18-19-13(11)16-8-17-14/h1-4,7-8H,5-6H2,(H,16,17,18,19). The van der Waals surface area contributed by atoms with E-state index < -0.39 is 0 Å². The molecule has 0 radical (unpaired) electrons. The lowest BCUT2D eigenvalue weighted by atomic mass is 10.1. The largest absolute Gasteiger partial charge is 0.294 e. The predicted octanol–water partition coefficient (Wildman–Crippen LogP) is 2.86. The summed E-state index contributed by atoms with van der Waals surface area (Å²) in [7, 11) is 0. The van der Waals surface area contributed by atoms with Crippen molar-refractivity contribution in [2.75, 3.05) is 5.75 Å². The summed E-state index contributed by atoms with van der Waals surface area (Å²) in [5, 5.41) is 8.33. The van der Waals surface area contributed by atoms with Crippen LogP contribution in [0.3, 0.4) is 0 Å². The molecule has 1 N–H and O–H groups in total. The Labute approximate surface area is 124 Å². The first-order valence-electron chi connectivity index (χ1n) is 6.29. The number of nitrogens with zero attached hydrogens (tertiary/aromatic N) is 3. The van der Waals surface area contributed by atoms with Gasteiger partial charge in [0.2, 0.25) is 0 Å². The van der Waals surface area contributed by atoms with Crippen molar-refractivity contribution >= 4 is 28.6 Å². The number of aromatic amines is 1. The lowest BCUT2D eigenvalue weighted by Crippen LogP contribution is -2.00. The van der Waals surface area contributed by atoms with Crippen LogP contribution in [-0.2, 0) is 0 Å². The average molecular weight is 302 g/mol. The molecule has 5 nitrogen and oxygen atoms in total. The Hall–Kier alpha value is -2.28. The first-order valence-corrected chi connectivity index (χ1v) is 7.28. The van der Waals surface area contributed by atoms with Gasteiger partial charge in [0, 0.05) is 17.7 Å². The monoisotopic (exact) mass is 302 g/mol. The Balaban J connectivity index is 1.62. The number of ketones is 1. The molecule has 2 aromatic heterocycles. The van der Waals surface area contributed by atoms with Gasteiger partial charge in [0.05, 0.1) is 11.6 Å². The highest BCUT2D eigenvalue weighted by Crippen LogP contribution is 2.23. The second kappa shape index (κ2) is 6.01. The molecule has 7 heteroatoms. The smallest absolute Gasteiger partial charge is 0.163 e. The first-order chi connectivity index (χ1) is 10.2. The van der Waals surface area contributed by atoms with Gasteiger partial charge in [0.1, 0.15) is 17.2 Å². The van der Waals surface area contributed by atoms with Crippen molar-refractivity contribution in [3.63, 3.8) is 0 Å². The van der Waals surface area contributed by atoms with Gasteiger partial charge in [-0.05, 0) is 24.3 Å². The van der Waals surface area contributed by atoms with E-state index in [2.05, 4.69) is 20.2 Å². The third-order valence-electron chi connectivity index (χ3n) is 2.95. The number of fused-ring (bicyclic) bond motifs is 1. The number of hydrogen-bond acceptors (Lipinski definition) is 5. The van der Waals surface area contributed by atoms with Crippen LogP contribution in [0.1, 0.15) is 16.8 Å². The molecule has 0 bridgehead atoms. The van der Waals surface area contributed by atoms with E-state index >= 15 is 0 Å². The number of thioether (sulfide) groups is 1. The molecule has 3 aromatic rings. The topological polar surface area (TPSA) is 71.5 Å². The van der Waals surface area contributed by atoms with Crippen molar-refractivity contribution in [1.82, 2.24) is 20.2 Å². The molecule has 0 fully saturated rings. The fourth-order valence-corrected chi connectivity index (χ4v) is 2.79. The zero-order valence-electron chi connectivity index (χ0n) is 10.9. The number of nitrogens with one attached hydrogen (secondary N) is 1. The van der Waals surface area contributed by atoms with E-state index in [1.165, 1.54) is 42.4 Å². The van der Waals surface area contributed by atoms with Gasteiger partial charge in [-0.15, -0.1) is 11.8 Å². The lowest BCUT2D eigenvalue weighted by molar-refractivity contribution is 0.0989. The highest BCUT2D eigenvalue weighted by molar-refractivity contribution is 7.99. The highest BCUT2D eigenvalue weighted by Gasteiger charge is 2.09. The molecule has 106 valence electrons. The number of hydrogen-bond donors (Lipinski definition) is 1. The summed E-state index contributed by atoms with van der Waals surface area (Å²) in [5.74, 6) is 0.234. The van der Waals surface area contributed by atoms with Gasteiger partial charge in [-0.1, -0.05) is 0 Å². The van der Waals surface area contributed by atoms with Crippen molar-refractivity contribution in [2.24, 2.45) is 0 Å². The molecule has 2 heterocycles. The van der Waals surface area contributed by atoms with Crippen LogP contribution in [0.4, 0.5) is 4.39 Å². The maximum absolute atomic E-state index is 12.8.